The maximum atomic E-state index is 11.2. The fourth-order valence-electron chi connectivity index (χ4n) is 1.28. The quantitative estimate of drug-likeness (QED) is 0.660. The number of amides is 3. The highest BCUT2D eigenvalue weighted by molar-refractivity contribution is 6.43. The van der Waals surface area contributed by atoms with Crippen molar-refractivity contribution in [3.8, 4) is 0 Å². The summed E-state index contributed by atoms with van der Waals surface area (Å²) in [6, 6.07) is 4.51. The average Bonchev–Trinajstić information content (AvgIpc) is 2.60. The summed E-state index contributed by atoms with van der Waals surface area (Å²) < 4.78 is 0. The molecule has 1 heterocycles. The molecule has 0 spiro atoms. The van der Waals surface area contributed by atoms with Crippen LogP contribution in [0.25, 0.3) is 0 Å². The van der Waals surface area contributed by atoms with Crippen LogP contribution in [0.5, 0.6) is 0 Å². The highest BCUT2D eigenvalue weighted by Crippen LogP contribution is 2.24. The van der Waals surface area contributed by atoms with E-state index in [4.69, 9.17) is 23.2 Å². The summed E-state index contributed by atoms with van der Waals surface area (Å²) in [5.74, 6) is -0.385. The van der Waals surface area contributed by atoms with Gasteiger partial charge in [0.05, 0.1) is 16.3 Å². The molecule has 17 heavy (non-hydrogen) atoms. The van der Waals surface area contributed by atoms with Gasteiger partial charge in [-0.05, 0) is 6.07 Å². The topological polar surface area (TPSA) is 61.8 Å². The molecule has 1 fully saturated rings. The Kier molecular flexibility index (Phi) is 3.31. The number of rotatable bonds is 2. The molecule has 0 bridgehead atoms. The van der Waals surface area contributed by atoms with Crippen LogP contribution in [0.3, 0.4) is 0 Å². The average molecular weight is 272 g/mol. The molecule has 7 heteroatoms. The zero-order valence-electron chi connectivity index (χ0n) is 8.48. The van der Waals surface area contributed by atoms with Crippen LogP contribution in [0.1, 0.15) is 5.56 Å². The minimum absolute atomic E-state index is 0.0898. The van der Waals surface area contributed by atoms with E-state index in [9.17, 15) is 9.59 Å². The molecule has 0 unspecified atom stereocenters. The van der Waals surface area contributed by atoms with Crippen molar-refractivity contribution in [1.29, 1.82) is 0 Å². The van der Waals surface area contributed by atoms with E-state index in [1.165, 1.54) is 6.21 Å². The van der Waals surface area contributed by atoms with Gasteiger partial charge in [-0.1, -0.05) is 35.3 Å². The first-order chi connectivity index (χ1) is 8.08. The Morgan fingerprint density at radius 2 is 2.12 bits per heavy atom. The van der Waals surface area contributed by atoms with E-state index < -0.39 is 6.03 Å². The van der Waals surface area contributed by atoms with Crippen LogP contribution >= 0.6 is 23.2 Å². The fourth-order valence-corrected chi connectivity index (χ4v) is 1.63. The van der Waals surface area contributed by atoms with Crippen LogP contribution in [0.15, 0.2) is 23.3 Å². The Balaban J connectivity index is 2.18. The number of carbonyl (C=O) groups is 2. The van der Waals surface area contributed by atoms with Gasteiger partial charge in [-0.2, -0.15) is 5.10 Å². The second kappa shape index (κ2) is 4.73. The molecule has 1 N–H and O–H groups in total. The number of imide groups is 1. The summed E-state index contributed by atoms with van der Waals surface area (Å²) in [5.41, 5.74) is 0.575. The smallest absolute Gasteiger partial charge is 0.275 e. The van der Waals surface area contributed by atoms with Crippen molar-refractivity contribution in [3.05, 3.63) is 33.8 Å². The SMILES string of the molecule is O=C1CN(/N=C/c2cccc(Cl)c2Cl)C(=O)N1. The maximum absolute atomic E-state index is 11.2. The highest BCUT2D eigenvalue weighted by Gasteiger charge is 2.25. The molecule has 0 atom stereocenters. The van der Waals surface area contributed by atoms with E-state index in [1.54, 1.807) is 18.2 Å². The van der Waals surface area contributed by atoms with Gasteiger partial charge < -0.3 is 0 Å². The molecule has 1 aliphatic heterocycles. The Hall–Kier alpha value is -1.59. The number of hydrogen-bond acceptors (Lipinski definition) is 3. The molecule has 5 nitrogen and oxygen atoms in total. The second-order valence-corrected chi connectivity index (χ2v) is 4.08. The van der Waals surface area contributed by atoms with Crippen LogP contribution in [-0.2, 0) is 4.79 Å². The van der Waals surface area contributed by atoms with Gasteiger partial charge >= 0.3 is 6.03 Å². The minimum atomic E-state index is -0.551. The largest absolute Gasteiger partial charge is 0.344 e. The molecule has 88 valence electrons. The molecule has 2 rings (SSSR count). The van der Waals surface area contributed by atoms with Crippen LogP contribution in [-0.4, -0.2) is 29.7 Å². The van der Waals surface area contributed by atoms with E-state index in [1.807, 2.05) is 0 Å². The van der Waals surface area contributed by atoms with Gasteiger partial charge in [0.1, 0.15) is 6.54 Å². The first-order valence-electron chi connectivity index (χ1n) is 4.67. The van der Waals surface area contributed by atoms with Gasteiger partial charge in [-0.15, -0.1) is 0 Å². The maximum Gasteiger partial charge on any atom is 0.344 e. The summed E-state index contributed by atoms with van der Waals surface area (Å²) >= 11 is 11.8. The number of hydrazone groups is 1. The molecule has 0 aromatic heterocycles. The van der Waals surface area contributed by atoms with Crippen LogP contribution in [0, 0.1) is 0 Å². The lowest BCUT2D eigenvalue weighted by Crippen LogP contribution is -2.24. The number of hydrogen-bond donors (Lipinski definition) is 1. The normalized spacial score (nSPS) is 15.8. The van der Waals surface area contributed by atoms with Gasteiger partial charge in [-0.25, -0.2) is 9.80 Å². The third kappa shape index (κ3) is 2.57. The Morgan fingerprint density at radius 1 is 1.35 bits per heavy atom. The molecule has 1 saturated heterocycles. The van der Waals surface area contributed by atoms with E-state index in [-0.39, 0.29) is 12.5 Å². The van der Waals surface area contributed by atoms with Crippen molar-refractivity contribution in [2.24, 2.45) is 5.10 Å². The van der Waals surface area contributed by atoms with Crippen LogP contribution < -0.4 is 5.32 Å². The van der Waals surface area contributed by atoms with Crippen molar-refractivity contribution >= 4 is 41.4 Å². The molecule has 1 aromatic carbocycles. The van der Waals surface area contributed by atoms with Crippen molar-refractivity contribution in [2.45, 2.75) is 0 Å². The molecule has 1 aromatic rings. The predicted octanol–water partition coefficient (Wildman–Crippen LogP) is 1.88. The van der Waals surface area contributed by atoms with Crippen molar-refractivity contribution in [3.63, 3.8) is 0 Å². The Morgan fingerprint density at radius 3 is 2.76 bits per heavy atom. The summed E-state index contributed by atoms with van der Waals surface area (Å²) in [6.07, 6.45) is 1.38. The predicted molar refractivity (Wildman–Crippen MR) is 64.3 cm³/mol. The fraction of sp³-hybridized carbons (Fsp3) is 0.100. The first-order valence-corrected chi connectivity index (χ1v) is 5.43. The van der Waals surface area contributed by atoms with Gasteiger partial charge in [-0.3, -0.25) is 10.1 Å². The second-order valence-electron chi connectivity index (χ2n) is 3.30. The monoisotopic (exact) mass is 271 g/mol. The lowest BCUT2D eigenvalue weighted by molar-refractivity contribution is -0.118. The lowest BCUT2D eigenvalue weighted by Gasteiger charge is -2.05. The molecular weight excluding hydrogens is 265 g/mol. The van der Waals surface area contributed by atoms with Crippen LogP contribution in [0.2, 0.25) is 10.0 Å². The number of halogens is 2. The molecule has 3 amide bonds. The van der Waals surface area contributed by atoms with Gasteiger partial charge in [0, 0.05) is 5.56 Å². The molecule has 1 aliphatic rings. The number of benzene rings is 1. The number of nitrogens with zero attached hydrogens (tertiary/aromatic N) is 2. The number of carbonyl (C=O) groups excluding carboxylic acids is 2. The minimum Gasteiger partial charge on any atom is -0.275 e. The first kappa shape index (κ1) is 11.9. The zero-order valence-corrected chi connectivity index (χ0v) is 10.00. The summed E-state index contributed by atoms with van der Waals surface area (Å²) in [6.45, 7) is -0.0898. The van der Waals surface area contributed by atoms with E-state index in [0.29, 0.717) is 15.6 Å². The molecule has 0 aliphatic carbocycles. The lowest BCUT2D eigenvalue weighted by atomic mass is 10.2. The molecular formula is C10H7Cl2N3O2. The van der Waals surface area contributed by atoms with Gasteiger partial charge in [0.2, 0.25) is 5.91 Å². The third-order valence-electron chi connectivity index (χ3n) is 2.09. The summed E-state index contributed by atoms with van der Waals surface area (Å²) in [7, 11) is 0. The number of nitrogens with one attached hydrogen (secondary N) is 1. The Labute approximate surface area is 107 Å². The number of urea groups is 1. The van der Waals surface area contributed by atoms with Crippen molar-refractivity contribution in [1.82, 2.24) is 10.3 Å². The van der Waals surface area contributed by atoms with Gasteiger partial charge in [0.15, 0.2) is 0 Å². The van der Waals surface area contributed by atoms with Crippen LogP contribution in [0.4, 0.5) is 4.79 Å². The van der Waals surface area contributed by atoms with E-state index >= 15 is 0 Å². The summed E-state index contributed by atoms with van der Waals surface area (Å²) in [4.78, 5) is 22.1. The van der Waals surface area contributed by atoms with Crippen molar-refractivity contribution < 1.29 is 9.59 Å². The summed E-state index contributed by atoms with van der Waals surface area (Å²) in [5, 5.41) is 7.73. The van der Waals surface area contributed by atoms with Crippen molar-refractivity contribution in [2.75, 3.05) is 6.54 Å². The van der Waals surface area contributed by atoms with Gasteiger partial charge in [0.25, 0.3) is 0 Å². The molecule has 0 saturated carbocycles. The zero-order chi connectivity index (χ0) is 12.4. The van der Waals surface area contributed by atoms with E-state index in [2.05, 4.69) is 10.4 Å². The molecule has 0 radical (unpaired) electrons. The highest BCUT2D eigenvalue weighted by atomic mass is 35.5. The third-order valence-corrected chi connectivity index (χ3v) is 2.93. The standard InChI is InChI=1S/C10H7Cl2N3O2/c11-7-3-1-2-6(9(7)12)4-13-15-5-8(16)14-10(15)17/h1-4H,5H2,(H,14,16,17)/b13-4+. The van der Waals surface area contributed by atoms with E-state index in [0.717, 1.165) is 5.01 Å². The Bertz CT molecular complexity index is 516.